The Balaban J connectivity index is 1.50. The number of benzene rings is 1. The van der Waals surface area contributed by atoms with Crippen LogP contribution in [0.15, 0.2) is 36.9 Å². The minimum Gasteiger partial charge on any atom is -0.379 e. The average molecular weight is 329 g/mol. The number of hydrogen-bond donors (Lipinski definition) is 1. The van der Waals surface area contributed by atoms with Gasteiger partial charge in [0.25, 0.3) is 5.91 Å². The summed E-state index contributed by atoms with van der Waals surface area (Å²) in [5, 5.41) is 7.14. The Kier molecular flexibility index (Phi) is 5.55. The van der Waals surface area contributed by atoms with Crippen molar-refractivity contribution in [1.29, 1.82) is 0 Å². The Morgan fingerprint density at radius 1 is 1.29 bits per heavy atom. The van der Waals surface area contributed by atoms with Crippen molar-refractivity contribution >= 4 is 5.91 Å². The van der Waals surface area contributed by atoms with Crippen molar-refractivity contribution in [3.63, 3.8) is 0 Å². The van der Waals surface area contributed by atoms with Crippen LogP contribution in [0.3, 0.4) is 0 Å². The van der Waals surface area contributed by atoms with Gasteiger partial charge in [-0.15, -0.1) is 0 Å². The molecular weight excluding hydrogens is 306 g/mol. The molecule has 128 valence electrons. The van der Waals surface area contributed by atoms with Crippen LogP contribution in [0.2, 0.25) is 0 Å². The smallest absolute Gasteiger partial charge is 0.251 e. The van der Waals surface area contributed by atoms with E-state index >= 15 is 0 Å². The number of rotatable bonds is 6. The lowest BCUT2D eigenvalue weighted by Gasteiger charge is -2.29. The molecule has 0 unspecified atom stereocenters. The van der Waals surface area contributed by atoms with E-state index in [1.54, 1.807) is 11.0 Å². The molecule has 1 aromatic carbocycles. The summed E-state index contributed by atoms with van der Waals surface area (Å²) >= 11 is 0. The van der Waals surface area contributed by atoms with Crippen LogP contribution < -0.4 is 5.32 Å². The van der Waals surface area contributed by atoms with Crippen LogP contribution in [0.4, 0.5) is 0 Å². The molecule has 1 fully saturated rings. The van der Waals surface area contributed by atoms with Gasteiger partial charge in [-0.3, -0.25) is 9.69 Å². The van der Waals surface area contributed by atoms with Crippen molar-refractivity contribution in [2.75, 3.05) is 32.8 Å². The van der Waals surface area contributed by atoms with Gasteiger partial charge in [0.2, 0.25) is 0 Å². The second kappa shape index (κ2) is 8.03. The zero-order valence-electron chi connectivity index (χ0n) is 13.9. The number of nitrogens with one attached hydrogen (secondary N) is 1. The Morgan fingerprint density at radius 2 is 2.04 bits per heavy atom. The van der Waals surface area contributed by atoms with Gasteiger partial charge < -0.3 is 10.1 Å². The van der Waals surface area contributed by atoms with Gasteiger partial charge in [-0.05, 0) is 24.6 Å². The summed E-state index contributed by atoms with van der Waals surface area (Å²) in [4.78, 5) is 18.6. The number of aromatic nitrogens is 3. The van der Waals surface area contributed by atoms with E-state index in [9.17, 15) is 4.79 Å². The van der Waals surface area contributed by atoms with Crippen molar-refractivity contribution in [1.82, 2.24) is 25.0 Å². The van der Waals surface area contributed by atoms with Crippen LogP contribution in [0, 0.1) is 0 Å². The lowest BCUT2D eigenvalue weighted by atomic mass is 10.1. The molecule has 0 aliphatic carbocycles. The summed E-state index contributed by atoms with van der Waals surface area (Å²) in [6.07, 6.45) is 3.19. The minimum atomic E-state index is -0.0388. The summed E-state index contributed by atoms with van der Waals surface area (Å²) < 4.78 is 7.09. The Hall–Kier alpha value is -2.25. The zero-order valence-corrected chi connectivity index (χ0v) is 13.9. The third kappa shape index (κ3) is 4.62. The summed E-state index contributed by atoms with van der Waals surface area (Å²) in [5.41, 5.74) is 1.75. The quantitative estimate of drug-likeness (QED) is 0.848. The van der Waals surface area contributed by atoms with E-state index in [2.05, 4.69) is 20.3 Å². The van der Waals surface area contributed by atoms with Crippen LogP contribution in [0.1, 0.15) is 22.8 Å². The molecule has 0 spiro atoms. The van der Waals surface area contributed by atoms with E-state index in [0.29, 0.717) is 12.1 Å². The van der Waals surface area contributed by atoms with Crippen molar-refractivity contribution in [3.8, 4) is 0 Å². The predicted octanol–water partition coefficient (Wildman–Crippen LogP) is 0.777. The number of hydrogen-bond acceptors (Lipinski definition) is 5. The molecule has 7 heteroatoms. The third-order valence-electron chi connectivity index (χ3n) is 4.04. The highest BCUT2D eigenvalue weighted by Crippen LogP contribution is 2.07. The van der Waals surface area contributed by atoms with Gasteiger partial charge >= 0.3 is 0 Å². The van der Waals surface area contributed by atoms with Crippen molar-refractivity contribution in [2.45, 2.75) is 19.5 Å². The molecule has 1 N–H and O–H groups in total. The molecule has 1 saturated heterocycles. The first-order valence-corrected chi connectivity index (χ1v) is 8.23. The molecule has 1 aliphatic rings. The van der Waals surface area contributed by atoms with Gasteiger partial charge in [0.15, 0.2) is 0 Å². The lowest BCUT2D eigenvalue weighted by molar-refractivity contribution is 0.0342. The largest absolute Gasteiger partial charge is 0.379 e. The van der Waals surface area contributed by atoms with Crippen molar-refractivity contribution < 1.29 is 9.53 Å². The van der Waals surface area contributed by atoms with Crippen LogP contribution >= 0.6 is 0 Å². The molecule has 3 rings (SSSR count). The van der Waals surface area contributed by atoms with Gasteiger partial charge in [-0.1, -0.05) is 12.1 Å². The van der Waals surface area contributed by atoms with Gasteiger partial charge in [0.1, 0.15) is 12.7 Å². The number of morpholine rings is 1. The van der Waals surface area contributed by atoms with Gasteiger partial charge in [0, 0.05) is 31.2 Å². The van der Waals surface area contributed by atoms with Crippen LogP contribution in [-0.4, -0.2) is 64.5 Å². The molecule has 1 aliphatic heterocycles. The molecule has 1 atom stereocenters. The minimum absolute atomic E-state index is 0.0388. The zero-order chi connectivity index (χ0) is 16.8. The highest BCUT2D eigenvalue weighted by Gasteiger charge is 2.15. The standard InChI is InChI=1S/C17H23N5O2/c1-14(10-21-6-8-24-9-7-21)20-17(23)16-4-2-15(3-5-16)11-22-13-18-12-19-22/h2-5,12-14H,6-11H2,1H3,(H,20,23)/t14-/m0/s1. The summed E-state index contributed by atoms with van der Waals surface area (Å²) in [6.45, 7) is 6.93. The number of nitrogens with zero attached hydrogens (tertiary/aromatic N) is 4. The van der Waals surface area contributed by atoms with Gasteiger partial charge in [0.05, 0.1) is 19.8 Å². The summed E-state index contributed by atoms with van der Waals surface area (Å²) in [6, 6.07) is 7.70. The van der Waals surface area contributed by atoms with Gasteiger partial charge in [-0.25, -0.2) is 9.67 Å². The fourth-order valence-electron chi connectivity index (χ4n) is 2.79. The van der Waals surface area contributed by atoms with E-state index < -0.39 is 0 Å². The topological polar surface area (TPSA) is 72.3 Å². The molecule has 0 bridgehead atoms. The third-order valence-corrected chi connectivity index (χ3v) is 4.04. The molecule has 1 amide bonds. The molecule has 2 aromatic rings. The first-order chi connectivity index (χ1) is 11.7. The lowest BCUT2D eigenvalue weighted by Crippen LogP contribution is -2.46. The molecule has 0 saturated carbocycles. The van der Waals surface area contributed by atoms with E-state index in [-0.39, 0.29) is 11.9 Å². The molecule has 2 heterocycles. The maximum atomic E-state index is 12.3. The Labute approximate surface area is 141 Å². The first-order valence-electron chi connectivity index (χ1n) is 8.23. The van der Waals surface area contributed by atoms with Crippen LogP contribution in [0.25, 0.3) is 0 Å². The molecule has 24 heavy (non-hydrogen) atoms. The normalized spacial score (nSPS) is 16.7. The summed E-state index contributed by atoms with van der Waals surface area (Å²) in [5.74, 6) is -0.0388. The monoisotopic (exact) mass is 329 g/mol. The van der Waals surface area contributed by atoms with E-state index in [0.717, 1.165) is 38.4 Å². The number of carbonyl (C=O) groups is 1. The molecule has 0 radical (unpaired) electrons. The Morgan fingerprint density at radius 3 is 2.71 bits per heavy atom. The van der Waals surface area contributed by atoms with Crippen molar-refractivity contribution in [3.05, 3.63) is 48.0 Å². The van der Waals surface area contributed by atoms with Crippen LogP contribution in [-0.2, 0) is 11.3 Å². The Bertz CT molecular complexity index is 636. The van der Waals surface area contributed by atoms with Crippen LogP contribution in [0.5, 0.6) is 0 Å². The number of carbonyl (C=O) groups excluding carboxylic acids is 1. The highest BCUT2D eigenvalue weighted by atomic mass is 16.5. The second-order valence-corrected chi connectivity index (χ2v) is 6.08. The van der Waals surface area contributed by atoms with Gasteiger partial charge in [-0.2, -0.15) is 5.10 Å². The molecule has 7 nitrogen and oxygen atoms in total. The summed E-state index contributed by atoms with van der Waals surface area (Å²) in [7, 11) is 0. The predicted molar refractivity (Wildman–Crippen MR) is 89.8 cm³/mol. The maximum absolute atomic E-state index is 12.3. The first kappa shape index (κ1) is 16.6. The number of ether oxygens (including phenoxy) is 1. The van der Waals surface area contributed by atoms with E-state index in [1.165, 1.54) is 6.33 Å². The highest BCUT2D eigenvalue weighted by molar-refractivity contribution is 5.94. The second-order valence-electron chi connectivity index (χ2n) is 6.08. The number of amides is 1. The fraction of sp³-hybridized carbons (Fsp3) is 0.471. The molecule has 1 aromatic heterocycles. The van der Waals surface area contributed by atoms with E-state index in [1.807, 2.05) is 31.2 Å². The average Bonchev–Trinajstić information content (AvgIpc) is 3.09. The maximum Gasteiger partial charge on any atom is 0.251 e. The van der Waals surface area contributed by atoms with E-state index in [4.69, 9.17) is 4.74 Å². The molecular formula is C17H23N5O2. The van der Waals surface area contributed by atoms with Crippen molar-refractivity contribution in [2.24, 2.45) is 0 Å². The fourth-order valence-corrected chi connectivity index (χ4v) is 2.79. The SMILES string of the molecule is C[C@@H](CN1CCOCC1)NC(=O)c1ccc(Cn2cncn2)cc1.